The molecule has 26 heavy (non-hydrogen) atoms. The van der Waals surface area contributed by atoms with Crippen molar-refractivity contribution in [1.29, 1.82) is 0 Å². The van der Waals surface area contributed by atoms with Crippen LogP contribution in [0.15, 0.2) is 10.3 Å². The average molecular weight is 403 g/mol. The highest BCUT2D eigenvalue weighted by atomic mass is 32.2. The van der Waals surface area contributed by atoms with Gasteiger partial charge in [-0.3, -0.25) is 14.9 Å². The zero-order valence-corrected chi connectivity index (χ0v) is 15.8. The average Bonchev–Trinajstić information content (AvgIpc) is 3.09. The molecule has 1 aromatic heterocycles. The molecular formula is C15H21N3O6S2. The lowest BCUT2D eigenvalue weighted by atomic mass is 9.97. The van der Waals surface area contributed by atoms with Gasteiger partial charge in [-0.2, -0.15) is 4.31 Å². The van der Waals surface area contributed by atoms with Crippen LogP contribution in [0.4, 0.5) is 10.7 Å². The number of hydrogen-bond donors (Lipinski definition) is 1. The van der Waals surface area contributed by atoms with E-state index in [-0.39, 0.29) is 9.90 Å². The van der Waals surface area contributed by atoms with Crippen LogP contribution >= 0.6 is 11.3 Å². The highest BCUT2D eigenvalue weighted by Gasteiger charge is 2.35. The topological polar surface area (TPSA) is 121 Å². The summed E-state index contributed by atoms with van der Waals surface area (Å²) in [6.07, 6.45) is 3.35. The molecule has 0 bridgehead atoms. The second-order valence-corrected chi connectivity index (χ2v) is 9.77. The lowest BCUT2D eigenvalue weighted by Crippen LogP contribution is -2.36. The van der Waals surface area contributed by atoms with Crippen LogP contribution in [0, 0.1) is 16.0 Å². The number of carbonyl (C=O) groups is 1. The quantitative estimate of drug-likeness (QED) is 0.590. The van der Waals surface area contributed by atoms with Crippen LogP contribution in [-0.4, -0.2) is 54.9 Å². The number of nitrogens with zero attached hydrogens (tertiary/aromatic N) is 3. The molecule has 0 unspecified atom stereocenters. The van der Waals surface area contributed by atoms with Gasteiger partial charge in [0, 0.05) is 32.2 Å². The van der Waals surface area contributed by atoms with E-state index in [9.17, 15) is 23.3 Å². The van der Waals surface area contributed by atoms with Gasteiger partial charge in [0.15, 0.2) is 5.00 Å². The molecule has 0 atom stereocenters. The Morgan fingerprint density at radius 3 is 2.35 bits per heavy atom. The highest BCUT2D eigenvalue weighted by Crippen LogP contribution is 2.42. The van der Waals surface area contributed by atoms with Crippen molar-refractivity contribution in [1.82, 2.24) is 4.31 Å². The number of hydrogen-bond acceptors (Lipinski definition) is 7. The predicted octanol–water partition coefficient (Wildman–Crippen LogP) is 2.13. The van der Waals surface area contributed by atoms with Crippen molar-refractivity contribution >= 4 is 38.0 Å². The minimum absolute atomic E-state index is 0.0125. The van der Waals surface area contributed by atoms with Crippen LogP contribution < -0.4 is 4.90 Å². The molecule has 0 aromatic carbocycles. The summed E-state index contributed by atoms with van der Waals surface area (Å²) in [5.74, 6) is -1.32. The van der Waals surface area contributed by atoms with E-state index in [2.05, 4.69) is 0 Å². The number of sulfonamides is 1. The molecule has 2 fully saturated rings. The van der Waals surface area contributed by atoms with Gasteiger partial charge >= 0.3 is 11.7 Å². The van der Waals surface area contributed by atoms with Gasteiger partial charge in [-0.1, -0.05) is 17.8 Å². The summed E-state index contributed by atoms with van der Waals surface area (Å²) in [5.41, 5.74) is -0.223. The predicted molar refractivity (Wildman–Crippen MR) is 96.2 cm³/mol. The van der Waals surface area contributed by atoms with Crippen molar-refractivity contribution in [2.24, 2.45) is 5.92 Å². The van der Waals surface area contributed by atoms with E-state index in [1.165, 1.54) is 4.31 Å². The second-order valence-electron chi connectivity index (χ2n) is 6.58. The molecule has 2 saturated heterocycles. The number of piperidine rings is 2. The number of carboxylic acids is 1. The van der Waals surface area contributed by atoms with E-state index in [0.29, 0.717) is 44.0 Å². The Kier molecular flexibility index (Phi) is 5.49. The second kappa shape index (κ2) is 7.49. The maximum Gasteiger partial charge on any atom is 0.306 e. The molecule has 0 amide bonds. The standard InChI is InChI=1S/C15H21N3O6S2/c19-15(20)11-4-8-16(9-5-11)14-12(18(21)22)10-13(25-14)26(23,24)17-6-2-1-3-7-17/h10-11H,1-9H2,(H,19,20). The van der Waals surface area contributed by atoms with Crippen LogP contribution in [-0.2, 0) is 14.8 Å². The summed E-state index contributed by atoms with van der Waals surface area (Å²) >= 11 is 0.912. The maximum absolute atomic E-state index is 12.8. The third kappa shape index (κ3) is 3.69. The minimum atomic E-state index is -3.73. The number of rotatable bonds is 5. The molecule has 0 spiro atoms. The number of carboxylic acid groups (broad SMARTS) is 1. The first kappa shape index (κ1) is 19.1. The molecule has 0 saturated carbocycles. The first-order valence-electron chi connectivity index (χ1n) is 8.57. The van der Waals surface area contributed by atoms with Gasteiger partial charge in [0.1, 0.15) is 4.21 Å². The molecule has 0 aliphatic carbocycles. The van der Waals surface area contributed by atoms with Gasteiger partial charge in [-0.15, -0.1) is 0 Å². The Balaban J connectivity index is 1.87. The van der Waals surface area contributed by atoms with Gasteiger partial charge in [-0.05, 0) is 25.7 Å². The van der Waals surface area contributed by atoms with Crippen LogP contribution in [0.3, 0.4) is 0 Å². The normalized spacial score (nSPS) is 20.2. The van der Waals surface area contributed by atoms with Gasteiger partial charge in [0.25, 0.3) is 10.0 Å². The van der Waals surface area contributed by atoms with Crippen LogP contribution in [0.2, 0.25) is 0 Å². The Morgan fingerprint density at radius 1 is 1.19 bits per heavy atom. The molecule has 3 heterocycles. The molecule has 3 rings (SSSR count). The van der Waals surface area contributed by atoms with Gasteiger partial charge in [0.2, 0.25) is 0 Å². The molecule has 0 radical (unpaired) electrons. The molecule has 9 nitrogen and oxygen atoms in total. The minimum Gasteiger partial charge on any atom is -0.481 e. The molecule has 1 aromatic rings. The fourth-order valence-electron chi connectivity index (χ4n) is 3.40. The summed E-state index contributed by atoms with van der Waals surface area (Å²) in [6, 6.07) is 1.15. The Bertz CT molecular complexity index is 792. The molecule has 1 N–H and O–H groups in total. The van der Waals surface area contributed by atoms with Crippen molar-refractivity contribution in [3.05, 3.63) is 16.2 Å². The van der Waals surface area contributed by atoms with Crippen molar-refractivity contribution in [2.75, 3.05) is 31.1 Å². The smallest absolute Gasteiger partial charge is 0.306 e. The van der Waals surface area contributed by atoms with E-state index in [1.807, 2.05) is 0 Å². The maximum atomic E-state index is 12.8. The monoisotopic (exact) mass is 403 g/mol. The van der Waals surface area contributed by atoms with Crippen molar-refractivity contribution < 1.29 is 23.2 Å². The number of anilines is 1. The van der Waals surface area contributed by atoms with E-state index >= 15 is 0 Å². The van der Waals surface area contributed by atoms with Gasteiger partial charge < -0.3 is 10.0 Å². The summed E-state index contributed by atoms with van der Waals surface area (Å²) in [5, 5.41) is 20.8. The van der Waals surface area contributed by atoms with Gasteiger partial charge in [-0.25, -0.2) is 8.42 Å². The molecular weight excluding hydrogens is 382 g/mol. The highest BCUT2D eigenvalue weighted by molar-refractivity contribution is 7.91. The number of thiophene rings is 1. The first-order chi connectivity index (χ1) is 12.3. The molecule has 2 aliphatic rings. The van der Waals surface area contributed by atoms with Crippen LogP contribution in [0.5, 0.6) is 0 Å². The van der Waals surface area contributed by atoms with Crippen LogP contribution in [0.1, 0.15) is 32.1 Å². The summed E-state index contributed by atoms with van der Waals surface area (Å²) < 4.78 is 27.0. The third-order valence-electron chi connectivity index (χ3n) is 4.91. The van der Waals surface area contributed by atoms with E-state index in [1.54, 1.807) is 4.90 Å². The lowest BCUT2D eigenvalue weighted by Gasteiger charge is -2.30. The largest absolute Gasteiger partial charge is 0.481 e. The number of nitro groups is 1. The molecule has 2 aliphatic heterocycles. The van der Waals surface area contributed by atoms with E-state index in [0.717, 1.165) is 36.7 Å². The Hall–Kier alpha value is -1.72. The van der Waals surface area contributed by atoms with Gasteiger partial charge in [0.05, 0.1) is 10.8 Å². The summed E-state index contributed by atoms with van der Waals surface area (Å²) in [7, 11) is -3.73. The third-order valence-corrected chi connectivity index (χ3v) is 8.44. The van der Waals surface area contributed by atoms with Crippen molar-refractivity contribution in [2.45, 2.75) is 36.3 Å². The lowest BCUT2D eigenvalue weighted by molar-refractivity contribution is -0.383. The van der Waals surface area contributed by atoms with Crippen LogP contribution in [0.25, 0.3) is 0 Å². The van der Waals surface area contributed by atoms with Crippen molar-refractivity contribution in [3.63, 3.8) is 0 Å². The SMILES string of the molecule is O=C(O)C1CCN(c2sc(S(=O)(=O)N3CCCCC3)cc2[N+](=O)[O-])CC1. The summed E-state index contributed by atoms with van der Waals surface area (Å²) in [4.78, 5) is 23.7. The zero-order valence-electron chi connectivity index (χ0n) is 14.2. The fraction of sp³-hybridized carbons (Fsp3) is 0.667. The fourth-order valence-corrected chi connectivity index (χ4v) is 6.54. The first-order valence-corrected chi connectivity index (χ1v) is 10.8. The zero-order chi connectivity index (χ0) is 18.9. The number of aliphatic carboxylic acids is 1. The van der Waals surface area contributed by atoms with E-state index < -0.39 is 26.8 Å². The molecule has 11 heteroatoms. The van der Waals surface area contributed by atoms with Crippen molar-refractivity contribution in [3.8, 4) is 0 Å². The summed E-state index contributed by atoms with van der Waals surface area (Å²) in [6.45, 7) is 1.60. The molecule has 144 valence electrons. The Labute approximate surface area is 155 Å². The van der Waals surface area contributed by atoms with E-state index in [4.69, 9.17) is 5.11 Å². The Morgan fingerprint density at radius 2 is 1.81 bits per heavy atom.